The number of thiophene rings is 1. The molecule has 0 saturated carbocycles. The quantitative estimate of drug-likeness (QED) is 0.123. The van der Waals surface area contributed by atoms with Crippen LogP contribution in [0.2, 0.25) is 17.3 Å². The molecule has 0 saturated heterocycles. The van der Waals surface area contributed by atoms with Crippen LogP contribution in [0, 0.1) is 42.7 Å². The van der Waals surface area contributed by atoms with Gasteiger partial charge in [-0.25, -0.2) is 0 Å². The van der Waals surface area contributed by atoms with Gasteiger partial charge in [0.2, 0.25) is 0 Å². The molecule has 60 heavy (non-hydrogen) atoms. The Kier molecular flexibility index (Phi) is 11.7. The topological polar surface area (TPSA) is 67.4 Å². The van der Waals surface area contributed by atoms with Gasteiger partial charge < -0.3 is 4.57 Å². The second kappa shape index (κ2) is 17.4. The maximum absolute atomic E-state index is 9.29. The molecule has 4 aromatic heterocycles. The van der Waals surface area contributed by atoms with Crippen molar-refractivity contribution < 1.29 is 22.8 Å². The van der Waals surface area contributed by atoms with Crippen LogP contribution >= 0.6 is 11.3 Å². The summed E-state index contributed by atoms with van der Waals surface area (Å²) >= 11 is -0.470. The Balaban J connectivity index is 0.000000208. The largest absolute Gasteiger partial charge is 0 e. The van der Waals surface area contributed by atoms with Crippen LogP contribution in [0.4, 0.5) is 0 Å². The van der Waals surface area contributed by atoms with E-state index in [9.17, 15) is 5.26 Å². The third-order valence-electron chi connectivity index (χ3n) is 10.1. The summed E-state index contributed by atoms with van der Waals surface area (Å²) in [5, 5.41) is 11.7. The van der Waals surface area contributed by atoms with Crippen LogP contribution in [0.5, 0.6) is 0 Å². The summed E-state index contributed by atoms with van der Waals surface area (Å²) in [6, 6.07) is 49.6. The Morgan fingerprint density at radius 1 is 0.850 bits per heavy atom. The van der Waals surface area contributed by atoms with Crippen molar-refractivity contribution in [3.8, 4) is 45.5 Å². The van der Waals surface area contributed by atoms with E-state index in [-0.39, 0.29) is 20.1 Å². The minimum Gasteiger partial charge on any atom is 0 e. The van der Waals surface area contributed by atoms with E-state index in [0.717, 1.165) is 76.5 Å². The van der Waals surface area contributed by atoms with E-state index >= 15 is 0 Å². The van der Waals surface area contributed by atoms with Gasteiger partial charge in [-0.2, -0.15) is 16.6 Å². The number of hydrogen-bond acceptors (Lipinski definition) is 5. The van der Waals surface area contributed by atoms with Crippen molar-refractivity contribution >= 4 is 60.2 Å². The maximum atomic E-state index is 9.29. The monoisotopic (exact) mass is 1040 g/mol. The van der Waals surface area contributed by atoms with Gasteiger partial charge in [-0.15, -0.1) is 12.1 Å². The molecule has 0 unspecified atom stereocenters. The zero-order valence-electron chi connectivity index (χ0n) is 37.1. The summed E-state index contributed by atoms with van der Waals surface area (Å²) in [5.41, 5.74) is 10.8. The smallest absolute Gasteiger partial charge is 0 e. The Hall–Kier alpha value is -5.23. The zero-order valence-corrected chi connectivity index (χ0v) is 40.4. The van der Waals surface area contributed by atoms with Gasteiger partial charge in [0.05, 0.1) is 28.5 Å². The fourth-order valence-electron chi connectivity index (χ4n) is 7.55. The second-order valence-corrected chi connectivity index (χ2v) is 28.6. The molecular formula is C52H47GeIrN5S-2. The number of nitrogens with zero attached hydrogens (tertiary/aromatic N) is 5. The van der Waals surface area contributed by atoms with Crippen LogP contribution < -0.4 is 4.40 Å². The molecule has 0 amide bonds. The number of imidazole rings is 1. The SMILES string of the molecule is Cc1cc(-n2c(-c3[c-]cc(-c4ccc(C#N)cc4)c4c3sc3ccccc34)nc3ccccc32)cc(C)n1.[2H]C([2H])(c1cc(-c2[c-]cccc2)nc[c]1[Ge]([CH3])([CH3])[CH3])C(C)(C)C.[Ir]. The van der Waals surface area contributed by atoms with E-state index in [4.69, 9.17) is 7.73 Å². The summed E-state index contributed by atoms with van der Waals surface area (Å²) in [6.45, 7) is 9.93. The maximum Gasteiger partial charge on any atom is 0 e. The Morgan fingerprint density at radius 2 is 1.55 bits per heavy atom. The van der Waals surface area contributed by atoms with Gasteiger partial charge in [0.1, 0.15) is 0 Å². The average Bonchev–Trinajstić information content (AvgIpc) is 3.82. The van der Waals surface area contributed by atoms with E-state index < -0.39 is 25.1 Å². The number of aryl methyl sites for hydroxylation is 2. The zero-order chi connectivity index (χ0) is 43.3. The van der Waals surface area contributed by atoms with Crippen molar-refractivity contribution in [3.63, 3.8) is 0 Å². The number of benzene rings is 5. The molecule has 0 atom stereocenters. The average molecular weight is 1040 g/mol. The minimum absolute atomic E-state index is 0. The molecule has 5 aromatic carbocycles. The van der Waals surface area contributed by atoms with Crippen LogP contribution in [0.3, 0.4) is 0 Å². The third kappa shape index (κ3) is 8.94. The van der Waals surface area contributed by atoms with Gasteiger partial charge in [0, 0.05) is 41.9 Å². The number of aromatic nitrogens is 4. The Labute approximate surface area is 376 Å². The van der Waals surface area contributed by atoms with Gasteiger partial charge in [0.25, 0.3) is 0 Å². The van der Waals surface area contributed by atoms with E-state index in [1.165, 1.54) is 15.5 Å². The first-order valence-electron chi connectivity index (χ1n) is 20.8. The van der Waals surface area contributed by atoms with Crippen LogP contribution in [-0.2, 0) is 26.5 Å². The molecule has 0 N–H and O–H groups in total. The summed E-state index contributed by atoms with van der Waals surface area (Å²) in [6.07, 6.45) is 0.502. The molecule has 9 rings (SSSR count). The van der Waals surface area contributed by atoms with Crippen LogP contribution in [0.15, 0.2) is 128 Å². The molecule has 0 aliphatic heterocycles. The molecule has 0 fully saturated rings. The van der Waals surface area contributed by atoms with Crippen molar-refractivity contribution in [2.45, 2.75) is 58.3 Å². The van der Waals surface area contributed by atoms with Gasteiger partial charge in [-0.05, 0) is 66.4 Å². The fourth-order valence-corrected chi connectivity index (χ4v) is 11.7. The van der Waals surface area contributed by atoms with Gasteiger partial charge in [-0.3, -0.25) is 9.97 Å². The predicted molar refractivity (Wildman–Crippen MR) is 250 cm³/mol. The molecule has 4 heterocycles. The van der Waals surface area contributed by atoms with E-state index in [2.05, 4.69) is 111 Å². The minimum atomic E-state index is -2.24. The normalized spacial score (nSPS) is 12.3. The van der Waals surface area contributed by atoms with Gasteiger partial charge in [-0.1, -0.05) is 64.5 Å². The van der Waals surface area contributed by atoms with Crippen molar-refractivity contribution in [1.82, 2.24) is 19.5 Å². The molecule has 5 nitrogen and oxygen atoms in total. The van der Waals surface area contributed by atoms with Crippen molar-refractivity contribution in [3.05, 3.63) is 162 Å². The second-order valence-electron chi connectivity index (χ2n) is 17.0. The summed E-state index contributed by atoms with van der Waals surface area (Å²) in [4.78, 5) is 14.4. The first kappa shape index (κ1) is 40.2. The number of fused-ring (bicyclic) bond motifs is 4. The van der Waals surface area contributed by atoms with E-state index in [1.54, 1.807) is 11.3 Å². The van der Waals surface area contributed by atoms with Crippen molar-refractivity contribution in [1.29, 1.82) is 5.26 Å². The van der Waals surface area contributed by atoms with Crippen LogP contribution in [0.25, 0.3) is 70.7 Å². The number of pyridine rings is 2. The Morgan fingerprint density at radius 3 is 2.23 bits per heavy atom. The molecule has 301 valence electrons. The Bertz CT molecular complexity index is 3100. The van der Waals surface area contributed by atoms with Gasteiger partial charge in [0.15, 0.2) is 0 Å². The molecule has 8 heteroatoms. The summed E-state index contributed by atoms with van der Waals surface area (Å²) in [5.74, 6) is 7.72. The van der Waals surface area contributed by atoms with Crippen molar-refractivity contribution in [2.75, 3.05) is 0 Å². The molecule has 0 aliphatic carbocycles. The molecular weight excluding hydrogens is 992 g/mol. The first-order valence-corrected chi connectivity index (χ1v) is 28.0. The molecule has 9 aromatic rings. The number of rotatable bonds is 6. The summed E-state index contributed by atoms with van der Waals surface area (Å²) < 4.78 is 23.3. The molecule has 0 spiro atoms. The number of para-hydroxylation sites is 2. The standard InChI is InChI=1S/C33H21N4S.C19H26GeN.Ir/c1-20-17-24(18-21(2)35-20)37-29-9-5-4-8-28(29)36-33(37)27-16-15-25(23-13-11-22(19-34)12-14-23)31-26-7-3-6-10-30(26)38-32(27)31;1-19(2,3)13-16-12-18(15-10-8-7-9-11-15)21-14-17(16)20(4,5)6;/h3-15,17-18H,1-2H3;7-10,12,14H,13H2,1-6H3;/q2*-1;/i;13D2;. The van der Waals surface area contributed by atoms with E-state index in [1.807, 2.05) is 101 Å². The summed E-state index contributed by atoms with van der Waals surface area (Å²) in [7, 11) is 0. The molecule has 0 bridgehead atoms. The predicted octanol–water partition coefficient (Wildman–Crippen LogP) is 13.1. The molecule has 0 aliphatic rings. The van der Waals surface area contributed by atoms with Crippen LogP contribution in [0.1, 0.15) is 46.0 Å². The third-order valence-corrected chi connectivity index (χ3v) is 15.5. The number of nitriles is 1. The molecule has 1 radical (unpaired) electrons. The van der Waals surface area contributed by atoms with Crippen molar-refractivity contribution in [2.24, 2.45) is 5.41 Å². The van der Waals surface area contributed by atoms with Crippen LogP contribution in [-0.4, -0.2) is 32.8 Å². The van der Waals surface area contributed by atoms with E-state index in [0.29, 0.717) is 5.56 Å². The number of hydrogen-bond donors (Lipinski definition) is 0. The fraction of sp³-hybridized carbons (Fsp3) is 0.192. The first-order chi connectivity index (χ1) is 29.0. The van der Waals surface area contributed by atoms with Gasteiger partial charge >= 0.3 is 135 Å².